The van der Waals surface area contributed by atoms with Crippen molar-refractivity contribution in [2.24, 2.45) is 17.8 Å². The fourth-order valence-electron chi connectivity index (χ4n) is 2.99. The van der Waals surface area contributed by atoms with Crippen LogP contribution in [0.5, 0.6) is 0 Å². The van der Waals surface area contributed by atoms with Crippen LogP contribution in [0.25, 0.3) is 0 Å². The molecule has 0 radical (unpaired) electrons. The monoisotopic (exact) mass is 282 g/mol. The molecule has 1 N–H and O–H groups in total. The molecule has 0 bridgehead atoms. The smallest absolute Gasteiger partial charge is 0.00163 e. The van der Waals surface area contributed by atoms with Crippen molar-refractivity contribution in [1.82, 2.24) is 10.2 Å². The lowest BCUT2D eigenvalue weighted by Crippen LogP contribution is -2.32. The van der Waals surface area contributed by atoms with Crippen LogP contribution in [-0.2, 0) is 0 Å². The molecular weight excluding hydrogens is 244 g/mol. The molecule has 0 aromatic rings. The third kappa shape index (κ3) is 8.97. The summed E-state index contributed by atoms with van der Waals surface area (Å²) in [5, 5.41) is 3.54. The Hall–Kier alpha value is -0.0800. The molecule has 1 aliphatic heterocycles. The van der Waals surface area contributed by atoms with E-state index in [0.717, 1.165) is 17.8 Å². The van der Waals surface area contributed by atoms with Crippen LogP contribution in [0.3, 0.4) is 0 Å². The standard InChI is InChI=1S/C18H38N2/c1-16(2)9-13-20(14-10-17(3)4)12-6-8-18-7-5-11-19-15-18/h16-19H,5-15H2,1-4H3. The van der Waals surface area contributed by atoms with E-state index in [1.165, 1.54) is 71.2 Å². The predicted octanol–water partition coefficient (Wildman–Crippen LogP) is 4.16. The van der Waals surface area contributed by atoms with Gasteiger partial charge in [-0.3, -0.25) is 0 Å². The number of hydrogen-bond donors (Lipinski definition) is 1. The maximum absolute atomic E-state index is 3.54. The molecule has 1 heterocycles. The van der Waals surface area contributed by atoms with Gasteiger partial charge in [0.05, 0.1) is 0 Å². The second-order valence-electron chi connectivity index (χ2n) is 7.56. The molecule has 0 amide bonds. The lowest BCUT2D eigenvalue weighted by atomic mass is 9.94. The minimum absolute atomic E-state index is 0.832. The predicted molar refractivity (Wildman–Crippen MR) is 90.2 cm³/mol. The molecule has 1 unspecified atom stereocenters. The van der Waals surface area contributed by atoms with Gasteiger partial charge >= 0.3 is 0 Å². The molecule has 1 atom stereocenters. The summed E-state index contributed by atoms with van der Waals surface area (Å²) in [4.78, 5) is 2.72. The van der Waals surface area contributed by atoms with Gasteiger partial charge in [-0.2, -0.15) is 0 Å². The van der Waals surface area contributed by atoms with Gasteiger partial charge in [0.2, 0.25) is 0 Å². The normalized spacial score (nSPS) is 20.2. The molecule has 0 aromatic heterocycles. The highest BCUT2D eigenvalue weighted by molar-refractivity contribution is 4.70. The molecule has 1 rings (SSSR count). The van der Waals surface area contributed by atoms with E-state index in [4.69, 9.17) is 0 Å². The van der Waals surface area contributed by atoms with Crippen molar-refractivity contribution in [2.45, 2.75) is 66.2 Å². The molecule has 2 heteroatoms. The van der Waals surface area contributed by atoms with Crippen LogP contribution in [-0.4, -0.2) is 37.6 Å². The topological polar surface area (TPSA) is 15.3 Å². The van der Waals surface area contributed by atoms with Gasteiger partial charge in [0, 0.05) is 0 Å². The van der Waals surface area contributed by atoms with Crippen molar-refractivity contribution in [3.05, 3.63) is 0 Å². The number of hydrogen-bond acceptors (Lipinski definition) is 2. The summed E-state index contributed by atoms with van der Waals surface area (Å²) in [5.41, 5.74) is 0. The van der Waals surface area contributed by atoms with Gasteiger partial charge in [0.1, 0.15) is 0 Å². The van der Waals surface area contributed by atoms with Crippen molar-refractivity contribution >= 4 is 0 Å². The van der Waals surface area contributed by atoms with E-state index in [1.54, 1.807) is 0 Å². The first-order valence-electron chi connectivity index (χ1n) is 9.01. The fourth-order valence-corrected chi connectivity index (χ4v) is 2.99. The SMILES string of the molecule is CC(C)CCN(CCCC1CCCNC1)CCC(C)C. The highest BCUT2D eigenvalue weighted by Crippen LogP contribution is 2.16. The summed E-state index contributed by atoms with van der Waals surface area (Å²) >= 11 is 0. The molecule has 20 heavy (non-hydrogen) atoms. The fraction of sp³-hybridized carbons (Fsp3) is 1.00. The maximum atomic E-state index is 3.54. The quantitative estimate of drug-likeness (QED) is 0.647. The summed E-state index contributed by atoms with van der Waals surface area (Å²) in [5.74, 6) is 2.61. The van der Waals surface area contributed by atoms with Crippen molar-refractivity contribution in [3.8, 4) is 0 Å². The summed E-state index contributed by atoms with van der Waals surface area (Å²) in [7, 11) is 0. The van der Waals surface area contributed by atoms with Crippen molar-refractivity contribution in [2.75, 3.05) is 32.7 Å². The van der Waals surface area contributed by atoms with E-state index in [9.17, 15) is 0 Å². The second-order valence-corrected chi connectivity index (χ2v) is 7.56. The van der Waals surface area contributed by atoms with Crippen molar-refractivity contribution in [1.29, 1.82) is 0 Å². The van der Waals surface area contributed by atoms with E-state index in [-0.39, 0.29) is 0 Å². The van der Waals surface area contributed by atoms with E-state index in [1.807, 2.05) is 0 Å². The molecule has 0 saturated carbocycles. The number of nitrogens with one attached hydrogen (secondary N) is 1. The zero-order valence-electron chi connectivity index (χ0n) is 14.5. The van der Waals surface area contributed by atoms with Gasteiger partial charge < -0.3 is 10.2 Å². The first-order valence-corrected chi connectivity index (χ1v) is 9.01. The summed E-state index contributed by atoms with van der Waals surface area (Å²) < 4.78 is 0. The molecule has 1 aliphatic rings. The van der Waals surface area contributed by atoms with Crippen LogP contribution >= 0.6 is 0 Å². The van der Waals surface area contributed by atoms with Gasteiger partial charge in [-0.25, -0.2) is 0 Å². The van der Waals surface area contributed by atoms with E-state index in [2.05, 4.69) is 37.9 Å². The number of rotatable bonds is 10. The van der Waals surface area contributed by atoms with Crippen LogP contribution in [0, 0.1) is 17.8 Å². The van der Waals surface area contributed by atoms with Crippen molar-refractivity contribution < 1.29 is 0 Å². The van der Waals surface area contributed by atoms with Gasteiger partial charge in [0.15, 0.2) is 0 Å². The van der Waals surface area contributed by atoms with Gasteiger partial charge in [-0.1, -0.05) is 27.7 Å². The Morgan fingerprint density at radius 1 is 1.00 bits per heavy atom. The maximum Gasteiger partial charge on any atom is -0.00163 e. The third-order valence-corrected chi connectivity index (χ3v) is 4.53. The van der Waals surface area contributed by atoms with E-state index < -0.39 is 0 Å². The average molecular weight is 283 g/mol. The van der Waals surface area contributed by atoms with Crippen LogP contribution in [0.4, 0.5) is 0 Å². The van der Waals surface area contributed by atoms with E-state index in [0.29, 0.717) is 0 Å². The molecule has 1 saturated heterocycles. The Morgan fingerprint density at radius 3 is 2.15 bits per heavy atom. The first-order chi connectivity index (χ1) is 9.58. The van der Waals surface area contributed by atoms with Crippen LogP contribution < -0.4 is 5.32 Å². The first kappa shape index (κ1) is 18.0. The lowest BCUT2D eigenvalue weighted by molar-refractivity contribution is 0.229. The number of piperidine rings is 1. The molecular formula is C18H38N2. The zero-order valence-corrected chi connectivity index (χ0v) is 14.5. The van der Waals surface area contributed by atoms with E-state index >= 15 is 0 Å². The minimum atomic E-state index is 0.832. The molecule has 0 aliphatic carbocycles. The summed E-state index contributed by atoms with van der Waals surface area (Å²) in [6.07, 6.45) is 8.35. The highest BCUT2D eigenvalue weighted by Gasteiger charge is 2.13. The lowest BCUT2D eigenvalue weighted by Gasteiger charge is -2.26. The van der Waals surface area contributed by atoms with Gasteiger partial charge in [-0.05, 0) is 89.0 Å². The Labute approximate surface area is 127 Å². The summed E-state index contributed by atoms with van der Waals surface area (Å²) in [6.45, 7) is 15.8. The third-order valence-electron chi connectivity index (χ3n) is 4.53. The highest BCUT2D eigenvalue weighted by atomic mass is 15.1. The van der Waals surface area contributed by atoms with Crippen LogP contribution in [0.2, 0.25) is 0 Å². The van der Waals surface area contributed by atoms with Gasteiger partial charge in [0.25, 0.3) is 0 Å². The number of nitrogens with zero attached hydrogens (tertiary/aromatic N) is 1. The minimum Gasteiger partial charge on any atom is -0.316 e. The van der Waals surface area contributed by atoms with Crippen molar-refractivity contribution in [3.63, 3.8) is 0 Å². The zero-order chi connectivity index (χ0) is 14.8. The van der Waals surface area contributed by atoms with Crippen LogP contribution in [0.15, 0.2) is 0 Å². The largest absolute Gasteiger partial charge is 0.316 e. The Morgan fingerprint density at radius 2 is 1.65 bits per heavy atom. The second kappa shape index (κ2) is 10.6. The summed E-state index contributed by atoms with van der Waals surface area (Å²) in [6, 6.07) is 0. The van der Waals surface area contributed by atoms with Crippen LogP contribution in [0.1, 0.15) is 66.2 Å². The van der Waals surface area contributed by atoms with Gasteiger partial charge in [-0.15, -0.1) is 0 Å². The Kier molecular flexibility index (Phi) is 9.54. The molecule has 120 valence electrons. The molecule has 0 aromatic carbocycles. The average Bonchev–Trinajstić information content (AvgIpc) is 2.42. The molecule has 2 nitrogen and oxygen atoms in total. The molecule has 1 fully saturated rings. The molecule has 0 spiro atoms. The Balaban J connectivity index is 2.19. The Bertz CT molecular complexity index is 207.